The van der Waals surface area contributed by atoms with Gasteiger partial charge in [-0.1, -0.05) is 30.3 Å². The van der Waals surface area contributed by atoms with E-state index in [4.69, 9.17) is 15.2 Å². The number of amides is 3. The number of carbonyl (C=O) groups excluding carboxylic acids is 3. The number of hydrogen-bond donors (Lipinski definition) is 3. The second kappa shape index (κ2) is 13.5. The van der Waals surface area contributed by atoms with Gasteiger partial charge in [0.1, 0.15) is 12.2 Å². The molecule has 0 saturated heterocycles. The van der Waals surface area contributed by atoms with Crippen molar-refractivity contribution in [2.75, 3.05) is 26.7 Å². The molecule has 31 heavy (non-hydrogen) atoms. The van der Waals surface area contributed by atoms with Crippen molar-refractivity contribution in [3.05, 3.63) is 35.9 Å². The van der Waals surface area contributed by atoms with Crippen molar-refractivity contribution < 1.29 is 23.9 Å². The molecule has 1 aromatic carbocycles. The lowest BCUT2D eigenvalue weighted by atomic mass is 10.1. The molecule has 0 saturated carbocycles. The highest BCUT2D eigenvalue weighted by atomic mass is 16.6. The second-order valence-electron chi connectivity index (χ2n) is 8.28. The molecule has 0 fully saturated rings. The molecular weight excluding hydrogens is 400 g/mol. The number of nitrogens with one attached hydrogen (secondary N) is 2. The number of nitrogens with zero attached hydrogens (tertiary/aromatic N) is 1. The van der Waals surface area contributed by atoms with E-state index in [9.17, 15) is 14.4 Å². The summed E-state index contributed by atoms with van der Waals surface area (Å²) in [4.78, 5) is 37.0. The van der Waals surface area contributed by atoms with E-state index in [0.29, 0.717) is 32.4 Å². The van der Waals surface area contributed by atoms with Gasteiger partial charge < -0.3 is 30.7 Å². The van der Waals surface area contributed by atoms with Crippen LogP contribution >= 0.6 is 0 Å². The first-order valence-electron chi connectivity index (χ1n) is 10.5. The largest absolute Gasteiger partial charge is 0.445 e. The lowest BCUT2D eigenvalue weighted by molar-refractivity contribution is -0.122. The van der Waals surface area contributed by atoms with Crippen LogP contribution in [0.2, 0.25) is 0 Å². The van der Waals surface area contributed by atoms with E-state index in [0.717, 1.165) is 5.56 Å². The predicted molar refractivity (Wildman–Crippen MR) is 118 cm³/mol. The average Bonchev–Trinajstić information content (AvgIpc) is 2.70. The molecule has 1 atom stereocenters. The fourth-order valence-electron chi connectivity index (χ4n) is 2.52. The van der Waals surface area contributed by atoms with Crippen molar-refractivity contribution in [2.24, 2.45) is 5.73 Å². The highest BCUT2D eigenvalue weighted by Gasteiger charge is 2.16. The van der Waals surface area contributed by atoms with Crippen LogP contribution < -0.4 is 16.4 Å². The third kappa shape index (κ3) is 12.5. The van der Waals surface area contributed by atoms with Crippen LogP contribution in [-0.4, -0.2) is 61.3 Å². The summed E-state index contributed by atoms with van der Waals surface area (Å²) in [6, 6.07) is 8.76. The number of ether oxygens (including phenoxy) is 2. The SMILES string of the molecule is CN(CCNC(=O)C(N)CCCCNC(=O)OC(C)(C)C)C(=O)OCc1ccccc1. The van der Waals surface area contributed by atoms with Gasteiger partial charge in [-0.15, -0.1) is 0 Å². The normalized spacial score (nSPS) is 11.9. The standard InChI is InChI=1S/C22H36N4O5/c1-22(2,3)31-20(28)25-13-9-8-12-18(23)19(27)24-14-15-26(4)21(29)30-16-17-10-6-5-7-11-17/h5-7,10-11,18H,8-9,12-16,23H2,1-4H3,(H,24,27)(H,25,28). The topological polar surface area (TPSA) is 123 Å². The molecule has 1 unspecified atom stereocenters. The van der Waals surface area contributed by atoms with E-state index in [2.05, 4.69) is 10.6 Å². The molecule has 1 aromatic rings. The van der Waals surface area contributed by atoms with Crippen LogP contribution in [0.1, 0.15) is 45.6 Å². The fourth-order valence-corrected chi connectivity index (χ4v) is 2.52. The Morgan fingerprint density at radius 1 is 1.06 bits per heavy atom. The van der Waals surface area contributed by atoms with Crippen molar-refractivity contribution in [1.29, 1.82) is 0 Å². The summed E-state index contributed by atoms with van der Waals surface area (Å²) in [7, 11) is 1.61. The lowest BCUT2D eigenvalue weighted by Crippen LogP contribution is -2.44. The van der Waals surface area contributed by atoms with Crippen molar-refractivity contribution >= 4 is 18.1 Å². The Bertz CT molecular complexity index is 691. The zero-order chi connectivity index (χ0) is 23.3. The van der Waals surface area contributed by atoms with E-state index in [1.54, 1.807) is 27.8 Å². The van der Waals surface area contributed by atoms with Crippen molar-refractivity contribution in [3.63, 3.8) is 0 Å². The predicted octanol–water partition coefficient (Wildman–Crippen LogP) is 2.39. The molecule has 0 aliphatic carbocycles. The van der Waals surface area contributed by atoms with Crippen LogP contribution in [-0.2, 0) is 20.9 Å². The molecule has 4 N–H and O–H groups in total. The van der Waals surface area contributed by atoms with Crippen LogP contribution in [0.25, 0.3) is 0 Å². The third-order valence-electron chi connectivity index (χ3n) is 4.21. The Kier molecular flexibility index (Phi) is 11.4. The van der Waals surface area contributed by atoms with Crippen LogP contribution in [0.15, 0.2) is 30.3 Å². The number of benzene rings is 1. The number of alkyl carbamates (subject to hydrolysis) is 1. The van der Waals surface area contributed by atoms with E-state index < -0.39 is 23.8 Å². The Labute approximate surface area is 184 Å². The van der Waals surface area contributed by atoms with Crippen LogP contribution in [0, 0.1) is 0 Å². The van der Waals surface area contributed by atoms with Crippen molar-refractivity contribution in [1.82, 2.24) is 15.5 Å². The first kappa shape index (κ1) is 26.2. The van der Waals surface area contributed by atoms with Gasteiger partial charge in [0, 0.05) is 26.7 Å². The molecular formula is C22H36N4O5. The average molecular weight is 437 g/mol. The highest BCUT2D eigenvalue weighted by molar-refractivity contribution is 5.81. The molecule has 1 rings (SSSR count). The molecule has 0 aliphatic heterocycles. The summed E-state index contributed by atoms with van der Waals surface area (Å²) >= 11 is 0. The minimum atomic E-state index is -0.642. The highest BCUT2D eigenvalue weighted by Crippen LogP contribution is 2.06. The van der Waals surface area contributed by atoms with E-state index in [1.165, 1.54) is 4.90 Å². The van der Waals surface area contributed by atoms with Gasteiger partial charge in [-0.05, 0) is 45.6 Å². The van der Waals surface area contributed by atoms with Crippen LogP contribution in [0.4, 0.5) is 9.59 Å². The van der Waals surface area contributed by atoms with Crippen LogP contribution in [0.3, 0.4) is 0 Å². The Morgan fingerprint density at radius 2 is 1.74 bits per heavy atom. The smallest absolute Gasteiger partial charge is 0.409 e. The molecule has 9 heteroatoms. The number of rotatable bonds is 11. The number of nitrogens with two attached hydrogens (primary N) is 1. The quantitative estimate of drug-likeness (QED) is 0.458. The lowest BCUT2D eigenvalue weighted by Gasteiger charge is -2.19. The fraction of sp³-hybridized carbons (Fsp3) is 0.591. The maximum absolute atomic E-state index is 12.1. The third-order valence-corrected chi connectivity index (χ3v) is 4.21. The first-order chi connectivity index (χ1) is 14.6. The van der Waals surface area contributed by atoms with E-state index in [1.807, 2.05) is 30.3 Å². The Hall–Kier alpha value is -2.81. The van der Waals surface area contributed by atoms with Gasteiger partial charge in [-0.25, -0.2) is 9.59 Å². The molecule has 9 nitrogen and oxygen atoms in total. The van der Waals surface area contributed by atoms with Crippen molar-refractivity contribution in [3.8, 4) is 0 Å². The summed E-state index contributed by atoms with van der Waals surface area (Å²) < 4.78 is 10.4. The minimum absolute atomic E-state index is 0.198. The maximum atomic E-state index is 12.1. The van der Waals surface area contributed by atoms with Crippen LogP contribution in [0.5, 0.6) is 0 Å². The maximum Gasteiger partial charge on any atom is 0.409 e. The van der Waals surface area contributed by atoms with E-state index in [-0.39, 0.29) is 19.1 Å². The summed E-state index contributed by atoms with van der Waals surface area (Å²) in [5.41, 5.74) is 6.28. The minimum Gasteiger partial charge on any atom is -0.445 e. The summed E-state index contributed by atoms with van der Waals surface area (Å²) in [6.45, 7) is 6.65. The van der Waals surface area contributed by atoms with Gasteiger partial charge in [0.25, 0.3) is 0 Å². The molecule has 0 heterocycles. The van der Waals surface area contributed by atoms with Gasteiger partial charge >= 0.3 is 12.2 Å². The number of carbonyl (C=O) groups is 3. The molecule has 0 radical (unpaired) electrons. The second-order valence-corrected chi connectivity index (χ2v) is 8.28. The van der Waals surface area contributed by atoms with Gasteiger partial charge in [0.05, 0.1) is 6.04 Å². The number of likely N-dealkylation sites (N-methyl/N-ethyl adjacent to an activating group) is 1. The summed E-state index contributed by atoms with van der Waals surface area (Å²) in [5.74, 6) is -0.272. The zero-order valence-electron chi connectivity index (χ0n) is 19.0. The van der Waals surface area contributed by atoms with E-state index >= 15 is 0 Å². The Balaban J connectivity index is 2.12. The molecule has 0 aliphatic rings. The number of hydrogen-bond acceptors (Lipinski definition) is 6. The molecule has 0 bridgehead atoms. The summed E-state index contributed by atoms with van der Waals surface area (Å²) in [5, 5.41) is 5.39. The number of unbranched alkanes of at least 4 members (excludes halogenated alkanes) is 1. The first-order valence-corrected chi connectivity index (χ1v) is 10.5. The van der Waals surface area contributed by atoms with Gasteiger partial charge in [0.15, 0.2) is 0 Å². The monoisotopic (exact) mass is 436 g/mol. The van der Waals surface area contributed by atoms with Gasteiger partial charge in [-0.2, -0.15) is 0 Å². The van der Waals surface area contributed by atoms with Gasteiger partial charge in [0.2, 0.25) is 5.91 Å². The molecule has 3 amide bonds. The zero-order valence-corrected chi connectivity index (χ0v) is 19.0. The summed E-state index contributed by atoms with van der Waals surface area (Å²) in [6.07, 6.45) is 0.962. The molecule has 0 aromatic heterocycles. The molecule has 0 spiro atoms. The van der Waals surface area contributed by atoms with Gasteiger partial charge in [-0.3, -0.25) is 4.79 Å². The molecule has 174 valence electrons. The van der Waals surface area contributed by atoms with Crippen molar-refractivity contribution in [2.45, 2.75) is 58.3 Å². The Morgan fingerprint density at radius 3 is 2.39 bits per heavy atom.